The zero-order chi connectivity index (χ0) is 17.7. The first-order chi connectivity index (χ1) is 12.7. The number of carbonyl (C=O) groups is 1. The summed E-state index contributed by atoms with van der Waals surface area (Å²) in [6, 6.07) is 13.2. The molecule has 1 N–H and O–H groups in total. The van der Waals surface area contributed by atoms with Gasteiger partial charge in [0.1, 0.15) is 0 Å². The molecule has 0 radical (unpaired) electrons. The van der Waals surface area contributed by atoms with E-state index in [2.05, 4.69) is 11.1 Å². The molecule has 1 aromatic heterocycles. The summed E-state index contributed by atoms with van der Waals surface area (Å²) in [4.78, 5) is 20.4. The zero-order valence-electron chi connectivity index (χ0n) is 14.1. The second-order valence-corrected chi connectivity index (χ2v) is 6.31. The molecule has 0 aliphatic carbocycles. The number of methoxy groups -OCH3 is 1. The van der Waals surface area contributed by atoms with Crippen LogP contribution in [0, 0.1) is 0 Å². The van der Waals surface area contributed by atoms with Crippen molar-refractivity contribution in [1.29, 1.82) is 0 Å². The number of ether oxygens (including phenoxy) is 3. The van der Waals surface area contributed by atoms with Gasteiger partial charge >= 0.3 is 5.97 Å². The molecular formula is C20H16N2O4. The Labute approximate surface area is 149 Å². The van der Waals surface area contributed by atoms with E-state index in [-0.39, 0.29) is 12.8 Å². The average Bonchev–Trinajstić information content (AvgIpc) is 3.30. The van der Waals surface area contributed by atoms with Gasteiger partial charge < -0.3 is 19.2 Å². The first-order valence-corrected chi connectivity index (χ1v) is 8.40. The molecule has 1 atom stereocenters. The molecule has 3 heterocycles. The molecule has 26 heavy (non-hydrogen) atoms. The Kier molecular flexibility index (Phi) is 3.25. The van der Waals surface area contributed by atoms with Gasteiger partial charge in [0.15, 0.2) is 17.5 Å². The first kappa shape index (κ1) is 15.0. The molecule has 5 rings (SSSR count). The molecule has 3 aromatic rings. The Hall–Kier alpha value is -3.28. The van der Waals surface area contributed by atoms with Crippen LogP contribution in [0.25, 0.3) is 10.9 Å². The summed E-state index contributed by atoms with van der Waals surface area (Å²) in [5.74, 6) is 1.06. The van der Waals surface area contributed by atoms with Crippen molar-refractivity contribution in [3.05, 3.63) is 59.3 Å². The highest BCUT2D eigenvalue weighted by molar-refractivity contribution is 6.17. The topological polar surface area (TPSA) is 72.9 Å². The van der Waals surface area contributed by atoms with E-state index < -0.39 is 6.04 Å². The molecule has 2 aromatic carbocycles. The van der Waals surface area contributed by atoms with E-state index >= 15 is 0 Å². The molecule has 6 heteroatoms. The third-order valence-corrected chi connectivity index (χ3v) is 4.85. The number of nitrogens with one attached hydrogen (secondary N) is 1. The predicted molar refractivity (Wildman–Crippen MR) is 96.0 cm³/mol. The minimum atomic E-state index is -0.563. The van der Waals surface area contributed by atoms with Crippen molar-refractivity contribution in [2.45, 2.75) is 12.5 Å². The number of carbonyl (C=O) groups excluding carboxylic acids is 1. The maximum atomic E-state index is 12.2. The third kappa shape index (κ3) is 2.19. The van der Waals surface area contributed by atoms with E-state index in [4.69, 9.17) is 19.2 Å². The van der Waals surface area contributed by atoms with Gasteiger partial charge in [-0.15, -0.1) is 0 Å². The van der Waals surface area contributed by atoms with Gasteiger partial charge in [-0.1, -0.05) is 18.2 Å². The summed E-state index contributed by atoms with van der Waals surface area (Å²) >= 11 is 0. The highest BCUT2D eigenvalue weighted by Crippen LogP contribution is 2.35. The van der Waals surface area contributed by atoms with Gasteiger partial charge in [-0.25, -0.2) is 4.79 Å². The lowest BCUT2D eigenvalue weighted by Gasteiger charge is -2.20. The number of benzene rings is 2. The predicted octanol–water partition coefficient (Wildman–Crippen LogP) is 2.83. The highest BCUT2D eigenvalue weighted by Gasteiger charge is 2.31. The molecule has 0 saturated heterocycles. The lowest BCUT2D eigenvalue weighted by Crippen LogP contribution is -2.29. The molecule has 0 fully saturated rings. The summed E-state index contributed by atoms with van der Waals surface area (Å²) < 4.78 is 15.8. The second-order valence-electron chi connectivity index (χ2n) is 6.31. The summed E-state index contributed by atoms with van der Waals surface area (Å²) in [5.41, 5.74) is 4.65. The number of nitrogens with zero attached hydrogens (tertiary/aromatic N) is 1. The highest BCUT2D eigenvalue weighted by atomic mass is 16.7. The van der Waals surface area contributed by atoms with Gasteiger partial charge in [0.05, 0.1) is 18.5 Å². The fraction of sp³-hybridized carbons (Fsp3) is 0.200. The molecule has 6 nitrogen and oxygen atoms in total. The number of aromatic nitrogens is 1. The van der Waals surface area contributed by atoms with E-state index in [1.807, 2.05) is 36.4 Å². The number of fused-ring (bicyclic) bond motifs is 4. The molecule has 0 bridgehead atoms. The van der Waals surface area contributed by atoms with E-state index in [0.717, 1.165) is 33.4 Å². The maximum Gasteiger partial charge on any atom is 0.330 e. The number of rotatable bonds is 2. The van der Waals surface area contributed by atoms with Crippen LogP contribution >= 0.6 is 0 Å². The number of hydrogen-bond acceptors (Lipinski definition) is 5. The number of esters is 1. The maximum absolute atomic E-state index is 12.2. The van der Waals surface area contributed by atoms with Crippen LogP contribution in [-0.4, -0.2) is 36.6 Å². The molecule has 2 aliphatic rings. The van der Waals surface area contributed by atoms with Crippen molar-refractivity contribution in [2.75, 3.05) is 13.9 Å². The fourth-order valence-electron chi connectivity index (χ4n) is 3.61. The molecule has 0 amide bonds. The molecule has 2 aliphatic heterocycles. The number of para-hydroxylation sites is 1. The van der Waals surface area contributed by atoms with Gasteiger partial charge in [-0.3, -0.25) is 4.99 Å². The van der Waals surface area contributed by atoms with E-state index in [1.165, 1.54) is 7.11 Å². The van der Waals surface area contributed by atoms with Gasteiger partial charge in [0, 0.05) is 22.9 Å². The lowest BCUT2D eigenvalue weighted by molar-refractivity contribution is -0.142. The van der Waals surface area contributed by atoms with Crippen molar-refractivity contribution in [3.63, 3.8) is 0 Å². The van der Waals surface area contributed by atoms with E-state index in [9.17, 15) is 4.79 Å². The molecule has 130 valence electrons. The van der Waals surface area contributed by atoms with Gasteiger partial charge in [0.25, 0.3) is 0 Å². The Bertz CT molecular complexity index is 1070. The third-order valence-electron chi connectivity index (χ3n) is 4.85. The average molecular weight is 348 g/mol. The zero-order valence-corrected chi connectivity index (χ0v) is 14.1. The van der Waals surface area contributed by atoms with Crippen LogP contribution in [0.2, 0.25) is 0 Å². The van der Waals surface area contributed by atoms with Crippen LogP contribution in [0.1, 0.15) is 16.8 Å². The Morgan fingerprint density at radius 3 is 2.92 bits per heavy atom. The summed E-state index contributed by atoms with van der Waals surface area (Å²) in [6.07, 6.45) is 0.514. The molecule has 0 saturated carbocycles. The van der Waals surface area contributed by atoms with Crippen molar-refractivity contribution in [2.24, 2.45) is 4.99 Å². The fourth-order valence-corrected chi connectivity index (χ4v) is 3.61. The standard InChI is InChI=1S/C20H16N2O4/c1-24-20(23)15-9-13-12-4-2-3-5-14(12)21-19(13)18(22-15)11-6-7-16-17(8-11)26-10-25-16/h2-8,15,21H,9-10H2,1H3/t15-/m1/s1. The number of aromatic amines is 1. The number of aliphatic imine (C=N–C) groups is 1. The summed E-state index contributed by atoms with van der Waals surface area (Å²) in [5, 5.41) is 1.10. The number of hydrogen-bond donors (Lipinski definition) is 1. The minimum absolute atomic E-state index is 0.216. The SMILES string of the molecule is COC(=O)[C@H]1Cc2c([nH]c3ccccc23)C(c2ccc3c(c2)OCO3)=N1. The molecular weight excluding hydrogens is 332 g/mol. The summed E-state index contributed by atoms with van der Waals surface area (Å²) in [6.45, 7) is 0.216. The van der Waals surface area contributed by atoms with Crippen molar-refractivity contribution in [1.82, 2.24) is 4.98 Å². The molecule has 0 spiro atoms. The van der Waals surface area contributed by atoms with E-state index in [1.54, 1.807) is 0 Å². The number of H-pyrrole nitrogens is 1. The van der Waals surface area contributed by atoms with Crippen LogP contribution in [0.15, 0.2) is 47.5 Å². The Morgan fingerprint density at radius 2 is 2.04 bits per heavy atom. The normalized spacial score (nSPS) is 17.7. The van der Waals surface area contributed by atoms with Crippen LogP contribution in [0.4, 0.5) is 0 Å². The lowest BCUT2D eigenvalue weighted by atomic mass is 9.94. The largest absolute Gasteiger partial charge is 0.467 e. The minimum Gasteiger partial charge on any atom is -0.467 e. The van der Waals surface area contributed by atoms with Crippen LogP contribution in [-0.2, 0) is 16.0 Å². The first-order valence-electron chi connectivity index (χ1n) is 8.40. The Balaban J connectivity index is 1.71. The second kappa shape index (κ2) is 5.62. The van der Waals surface area contributed by atoms with Crippen LogP contribution in [0.3, 0.4) is 0 Å². The van der Waals surface area contributed by atoms with Gasteiger partial charge in [0.2, 0.25) is 6.79 Å². The summed E-state index contributed by atoms with van der Waals surface area (Å²) in [7, 11) is 1.39. The van der Waals surface area contributed by atoms with Gasteiger partial charge in [-0.2, -0.15) is 0 Å². The Morgan fingerprint density at radius 1 is 1.19 bits per heavy atom. The monoisotopic (exact) mass is 348 g/mol. The van der Waals surface area contributed by atoms with Crippen molar-refractivity contribution < 1.29 is 19.0 Å². The smallest absolute Gasteiger partial charge is 0.330 e. The van der Waals surface area contributed by atoms with Crippen molar-refractivity contribution >= 4 is 22.6 Å². The van der Waals surface area contributed by atoms with Crippen LogP contribution in [0.5, 0.6) is 11.5 Å². The van der Waals surface area contributed by atoms with Crippen molar-refractivity contribution in [3.8, 4) is 11.5 Å². The van der Waals surface area contributed by atoms with Crippen LogP contribution < -0.4 is 9.47 Å². The quantitative estimate of drug-likeness (QED) is 0.723. The van der Waals surface area contributed by atoms with E-state index in [0.29, 0.717) is 17.9 Å². The molecule has 0 unspecified atom stereocenters. The van der Waals surface area contributed by atoms with Gasteiger partial charge in [-0.05, 0) is 29.8 Å².